The molecule has 1 aliphatic rings. The summed E-state index contributed by atoms with van der Waals surface area (Å²) in [6.45, 7) is 3.34. The summed E-state index contributed by atoms with van der Waals surface area (Å²) >= 11 is 4.89. The Morgan fingerprint density at radius 1 is 1.10 bits per heavy atom. The molecule has 3 nitrogen and oxygen atoms in total. The number of hydrogen-bond acceptors (Lipinski definition) is 3. The third kappa shape index (κ3) is 2.88. The summed E-state index contributed by atoms with van der Waals surface area (Å²) in [5.41, 5.74) is 1.23. The first kappa shape index (κ1) is 13.6. The topological polar surface area (TPSA) is 23.6 Å². The van der Waals surface area contributed by atoms with Crippen molar-refractivity contribution in [1.82, 2.24) is 4.90 Å². The zero-order valence-electron chi connectivity index (χ0n) is 11.0. The largest absolute Gasteiger partial charge is 0.368 e. The standard InChI is InChI=1S/C15H15BrN2OS/c16-12-10-14(20-11-12)15(19)18-8-6-17(7-9-18)13-4-2-1-3-5-13/h1-5,10-11H,6-9H2. The molecule has 1 fully saturated rings. The first-order valence-electron chi connectivity index (χ1n) is 6.57. The lowest BCUT2D eigenvalue weighted by Crippen LogP contribution is -2.48. The van der Waals surface area contributed by atoms with E-state index in [1.54, 1.807) is 0 Å². The van der Waals surface area contributed by atoms with Gasteiger partial charge in [0.15, 0.2) is 0 Å². The van der Waals surface area contributed by atoms with Crippen LogP contribution in [-0.4, -0.2) is 37.0 Å². The molecule has 2 heterocycles. The van der Waals surface area contributed by atoms with Crippen LogP contribution in [0.1, 0.15) is 9.67 Å². The lowest BCUT2D eigenvalue weighted by atomic mass is 10.2. The van der Waals surface area contributed by atoms with Gasteiger partial charge in [0.2, 0.25) is 0 Å². The highest BCUT2D eigenvalue weighted by Crippen LogP contribution is 2.22. The Morgan fingerprint density at radius 2 is 1.80 bits per heavy atom. The van der Waals surface area contributed by atoms with Gasteiger partial charge in [-0.2, -0.15) is 0 Å². The summed E-state index contributed by atoms with van der Waals surface area (Å²) in [6, 6.07) is 12.3. The van der Waals surface area contributed by atoms with Crippen LogP contribution >= 0.6 is 27.3 Å². The van der Waals surface area contributed by atoms with Crippen molar-refractivity contribution in [2.45, 2.75) is 0 Å². The molecule has 20 heavy (non-hydrogen) atoms. The van der Waals surface area contributed by atoms with E-state index in [1.165, 1.54) is 17.0 Å². The van der Waals surface area contributed by atoms with Gasteiger partial charge in [-0.1, -0.05) is 18.2 Å². The van der Waals surface area contributed by atoms with E-state index < -0.39 is 0 Å². The van der Waals surface area contributed by atoms with Crippen LogP contribution in [0.25, 0.3) is 0 Å². The Labute approximate surface area is 130 Å². The van der Waals surface area contributed by atoms with E-state index in [4.69, 9.17) is 0 Å². The van der Waals surface area contributed by atoms with Crippen LogP contribution in [0.5, 0.6) is 0 Å². The van der Waals surface area contributed by atoms with E-state index in [2.05, 4.69) is 45.1 Å². The average molecular weight is 351 g/mol. The molecule has 1 saturated heterocycles. The molecule has 3 rings (SSSR count). The fraction of sp³-hybridized carbons (Fsp3) is 0.267. The molecule has 5 heteroatoms. The van der Waals surface area contributed by atoms with Gasteiger partial charge in [0.05, 0.1) is 4.88 Å². The molecular weight excluding hydrogens is 336 g/mol. The number of para-hydroxylation sites is 1. The van der Waals surface area contributed by atoms with Gasteiger partial charge in [-0.3, -0.25) is 4.79 Å². The number of carbonyl (C=O) groups is 1. The zero-order chi connectivity index (χ0) is 13.9. The molecule has 1 amide bonds. The molecule has 2 aromatic rings. The van der Waals surface area contributed by atoms with Gasteiger partial charge < -0.3 is 9.80 Å². The van der Waals surface area contributed by atoms with Crippen molar-refractivity contribution in [1.29, 1.82) is 0 Å². The number of carbonyl (C=O) groups excluding carboxylic acids is 1. The Morgan fingerprint density at radius 3 is 2.40 bits per heavy atom. The van der Waals surface area contributed by atoms with E-state index in [-0.39, 0.29) is 5.91 Å². The van der Waals surface area contributed by atoms with Gasteiger partial charge in [-0.05, 0) is 34.1 Å². The van der Waals surface area contributed by atoms with Gasteiger partial charge in [-0.15, -0.1) is 11.3 Å². The number of rotatable bonds is 2. The van der Waals surface area contributed by atoms with Crippen molar-refractivity contribution in [3.63, 3.8) is 0 Å². The number of halogens is 1. The summed E-state index contributed by atoms with van der Waals surface area (Å²) in [5.74, 6) is 0.147. The highest BCUT2D eigenvalue weighted by molar-refractivity contribution is 9.10. The van der Waals surface area contributed by atoms with Crippen LogP contribution in [0, 0.1) is 0 Å². The number of nitrogens with zero attached hydrogens (tertiary/aromatic N) is 2. The SMILES string of the molecule is O=C(c1cc(Br)cs1)N1CCN(c2ccccc2)CC1. The number of benzene rings is 1. The molecule has 0 aliphatic carbocycles. The quantitative estimate of drug-likeness (QED) is 0.827. The molecule has 0 saturated carbocycles. The Hall–Kier alpha value is -1.33. The van der Waals surface area contributed by atoms with Crippen molar-refractivity contribution < 1.29 is 4.79 Å². The minimum Gasteiger partial charge on any atom is -0.368 e. The van der Waals surface area contributed by atoms with Gasteiger partial charge in [0.1, 0.15) is 0 Å². The second-order valence-corrected chi connectivity index (χ2v) is 6.57. The maximum atomic E-state index is 12.4. The first-order chi connectivity index (χ1) is 9.74. The molecule has 1 aromatic carbocycles. The van der Waals surface area contributed by atoms with Crippen molar-refractivity contribution in [2.24, 2.45) is 0 Å². The van der Waals surface area contributed by atoms with E-state index in [0.29, 0.717) is 0 Å². The van der Waals surface area contributed by atoms with Crippen LogP contribution in [0.4, 0.5) is 5.69 Å². The van der Waals surface area contributed by atoms with Gasteiger partial charge in [0.25, 0.3) is 5.91 Å². The van der Waals surface area contributed by atoms with Crippen LogP contribution in [0.3, 0.4) is 0 Å². The molecule has 0 unspecified atom stereocenters. The van der Waals surface area contributed by atoms with Gasteiger partial charge >= 0.3 is 0 Å². The number of hydrogen-bond donors (Lipinski definition) is 0. The highest BCUT2D eigenvalue weighted by Gasteiger charge is 2.23. The van der Waals surface area contributed by atoms with Crippen LogP contribution in [0.15, 0.2) is 46.3 Å². The Bertz CT molecular complexity index is 591. The number of anilines is 1. The first-order valence-corrected chi connectivity index (χ1v) is 8.24. The average Bonchev–Trinajstić information content (AvgIpc) is 2.94. The molecule has 0 atom stereocenters. The molecular formula is C15H15BrN2OS. The van der Waals surface area contributed by atoms with Crippen LogP contribution < -0.4 is 4.90 Å². The second-order valence-electron chi connectivity index (χ2n) is 4.74. The summed E-state index contributed by atoms with van der Waals surface area (Å²) in [7, 11) is 0. The molecule has 1 aromatic heterocycles. The minimum absolute atomic E-state index is 0.147. The fourth-order valence-corrected chi connectivity index (χ4v) is 3.78. The predicted octanol–water partition coefficient (Wildman–Crippen LogP) is 3.47. The molecule has 0 bridgehead atoms. The smallest absolute Gasteiger partial charge is 0.264 e. The van der Waals surface area contributed by atoms with Crippen molar-refractivity contribution in [3.8, 4) is 0 Å². The lowest BCUT2D eigenvalue weighted by Gasteiger charge is -2.35. The van der Waals surface area contributed by atoms with E-state index in [9.17, 15) is 4.79 Å². The summed E-state index contributed by atoms with van der Waals surface area (Å²) < 4.78 is 0.980. The fourth-order valence-electron chi connectivity index (χ4n) is 2.39. The monoisotopic (exact) mass is 350 g/mol. The minimum atomic E-state index is 0.147. The zero-order valence-corrected chi connectivity index (χ0v) is 13.4. The third-order valence-electron chi connectivity index (χ3n) is 3.47. The van der Waals surface area contributed by atoms with Gasteiger partial charge in [-0.25, -0.2) is 0 Å². The summed E-state index contributed by atoms with van der Waals surface area (Å²) in [5, 5.41) is 1.95. The molecule has 0 radical (unpaired) electrons. The van der Waals surface area contributed by atoms with E-state index in [0.717, 1.165) is 35.5 Å². The van der Waals surface area contributed by atoms with Crippen LogP contribution in [-0.2, 0) is 0 Å². The summed E-state index contributed by atoms with van der Waals surface area (Å²) in [6.07, 6.45) is 0. The lowest BCUT2D eigenvalue weighted by molar-refractivity contribution is 0.0751. The highest BCUT2D eigenvalue weighted by atomic mass is 79.9. The molecule has 0 N–H and O–H groups in total. The summed E-state index contributed by atoms with van der Waals surface area (Å²) in [4.78, 5) is 17.4. The maximum absolute atomic E-state index is 12.4. The predicted molar refractivity (Wildman–Crippen MR) is 86.6 cm³/mol. The maximum Gasteiger partial charge on any atom is 0.264 e. The van der Waals surface area contributed by atoms with Crippen molar-refractivity contribution in [3.05, 3.63) is 51.1 Å². The Kier molecular flexibility index (Phi) is 4.08. The van der Waals surface area contributed by atoms with E-state index >= 15 is 0 Å². The van der Waals surface area contributed by atoms with Gasteiger partial charge in [0, 0.05) is 41.7 Å². The molecule has 0 spiro atoms. The Balaban J connectivity index is 1.63. The van der Waals surface area contributed by atoms with E-state index in [1.807, 2.05) is 22.4 Å². The number of amides is 1. The number of thiophene rings is 1. The normalized spacial score (nSPS) is 15.4. The van der Waals surface area contributed by atoms with Crippen molar-refractivity contribution in [2.75, 3.05) is 31.1 Å². The second kappa shape index (κ2) is 5.97. The van der Waals surface area contributed by atoms with Crippen molar-refractivity contribution >= 4 is 38.9 Å². The molecule has 104 valence electrons. The molecule has 1 aliphatic heterocycles. The van der Waals surface area contributed by atoms with Crippen LogP contribution in [0.2, 0.25) is 0 Å². The number of piperazine rings is 1. The third-order valence-corrected chi connectivity index (χ3v) is 5.15.